The van der Waals surface area contributed by atoms with Crippen molar-refractivity contribution in [2.75, 3.05) is 0 Å². The van der Waals surface area contributed by atoms with Gasteiger partial charge in [-0.15, -0.1) is 0 Å². The lowest BCUT2D eigenvalue weighted by atomic mass is 9.97. The minimum Gasteiger partial charge on any atom is -0.300 e. The summed E-state index contributed by atoms with van der Waals surface area (Å²) in [5.74, 6) is 0.288. The van der Waals surface area contributed by atoms with Crippen LogP contribution in [0.3, 0.4) is 0 Å². The number of aryl methyl sites for hydroxylation is 2. The van der Waals surface area contributed by atoms with E-state index in [-0.39, 0.29) is 5.78 Å². The van der Waals surface area contributed by atoms with Gasteiger partial charge in [0.1, 0.15) is 5.78 Å². The minimum atomic E-state index is 0.288. The predicted molar refractivity (Wildman–Crippen MR) is 59.5 cm³/mol. The third-order valence-electron chi connectivity index (χ3n) is 2.60. The second-order valence-corrected chi connectivity index (χ2v) is 3.93. The van der Waals surface area contributed by atoms with Crippen molar-refractivity contribution in [2.45, 2.75) is 40.0 Å². The molecule has 0 aliphatic heterocycles. The first kappa shape index (κ1) is 11.0. The second kappa shape index (κ2) is 4.94. The molecule has 76 valence electrons. The fourth-order valence-corrected chi connectivity index (χ4v) is 1.76. The first-order valence-electron chi connectivity index (χ1n) is 5.16. The fraction of sp³-hybridized carbons (Fsp3) is 0.462. The molecule has 0 bridgehead atoms. The zero-order valence-electron chi connectivity index (χ0n) is 9.26. The smallest absolute Gasteiger partial charge is 0.129 e. The number of hydrogen-bond donors (Lipinski definition) is 0. The SMILES string of the molecule is CC(=O)CCCc1c(C)cccc1C. The first-order valence-corrected chi connectivity index (χ1v) is 5.16. The molecule has 1 aromatic carbocycles. The Hall–Kier alpha value is -1.11. The normalized spacial score (nSPS) is 10.2. The van der Waals surface area contributed by atoms with Crippen molar-refractivity contribution >= 4 is 5.78 Å². The molecule has 1 rings (SSSR count). The highest BCUT2D eigenvalue weighted by molar-refractivity contribution is 5.75. The van der Waals surface area contributed by atoms with Gasteiger partial charge in [-0.25, -0.2) is 0 Å². The average Bonchev–Trinajstić information content (AvgIpc) is 2.09. The van der Waals surface area contributed by atoms with Gasteiger partial charge >= 0.3 is 0 Å². The van der Waals surface area contributed by atoms with E-state index in [4.69, 9.17) is 0 Å². The number of benzene rings is 1. The monoisotopic (exact) mass is 190 g/mol. The Morgan fingerprint density at radius 1 is 1.21 bits per heavy atom. The molecule has 0 spiro atoms. The van der Waals surface area contributed by atoms with E-state index in [0.717, 1.165) is 12.8 Å². The summed E-state index contributed by atoms with van der Waals surface area (Å²) in [5.41, 5.74) is 4.09. The van der Waals surface area contributed by atoms with E-state index in [1.807, 2.05) is 0 Å². The van der Waals surface area contributed by atoms with Crippen LogP contribution < -0.4 is 0 Å². The Morgan fingerprint density at radius 3 is 2.29 bits per heavy atom. The number of carbonyl (C=O) groups is 1. The summed E-state index contributed by atoms with van der Waals surface area (Å²) in [7, 11) is 0. The van der Waals surface area contributed by atoms with Crippen LogP contribution in [0.2, 0.25) is 0 Å². The molecule has 14 heavy (non-hydrogen) atoms. The van der Waals surface area contributed by atoms with E-state index < -0.39 is 0 Å². The third kappa shape index (κ3) is 2.99. The maximum atomic E-state index is 10.8. The van der Waals surface area contributed by atoms with Gasteiger partial charge in [-0.1, -0.05) is 18.2 Å². The van der Waals surface area contributed by atoms with Crippen LogP contribution in [-0.4, -0.2) is 5.78 Å². The van der Waals surface area contributed by atoms with Crippen LogP contribution in [0.25, 0.3) is 0 Å². The molecule has 0 amide bonds. The van der Waals surface area contributed by atoms with E-state index in [0.29, 0.717) is 6.42 Å². The third-order valence-corrected chi connectivity index (χ3v) is 2.60. The number of ketones is 1. The van der Waals surface area contributed by atoms with E-state index in [9.17, 15) is 4.79 Å². The van der Waals surface area contributed by atoms with E-state index in [2.05, 4.69) is 32.0 Å². The van der Waals surface area contributed by atoms with Crippen LogP contribution in [0.15, 0.2) is 18.2 Å². The average molecular weight is 190 g/mol. The summed E-state index contributed by atoms with van der Waals surface area (Å²) >= 11 is 0. The molecular weight excluding hydrogens is 172 g/mol. The highest BCUT2D eigenvalue weighted by Crippen LogP contribution is 2.15. The van der Waals surface area contributed by atoms with E-state index in [1.54, 1.807) is 6.92 Å². The lowest BCUT2D eigenvalue weighted by Gasteiger charge is -2.08. The Bertz CT molecular complexity index is 306. The lowest BCUT2D eigenvalue weighted by molar-refractivity contribution is -0.117. The highest BCUT2D eigenvalue weighted by Gasteiger charge is 2.02. The topological polar surface area (TPSA) is 17.1 Å². The van der Waals surface area contributed by atoms with Crippen LogP contribution >= 0.6 is 0 Å². The molecular formula is C13H18O. The van der Waals surface area contributed by atoms with Crippen molar-refractivity contribution in [2.24, 2.45) is 0 Å². The summed E-state index contributed by atoms with van der Waals surface area (Å²) in [4.78, 5) is 10.8. The summed E-state index contributed by atoms with van der Waals surface area (Å²) in [5, 5.41) is 0. The van der Waals surface area contributed by atoms with Crippen molar-refractivity contribution < 1.29 is 4.79 Å². The number of hydrogen-bond acceptors (Lipinski definition) is 1. The molecule has 0 aromatic heterocycles. The van der Waals surface area contributed by atoms with Gasteiger partial charge < -0.3 is 4.79 Å². The highest BCUT2D eigenvalue weighted by atomic mass is 16.1. The van der Waals surface area contributed by atoms with Crippen molar-refractivity contribution in [3.63, 3.8) is 0 Å². The maximum absolute atomic E-state index is 10.8. The zero-order chi connectivity index (χ0) is 10.6. The molecule has 0 saturated heterocycles. The van der Waals surface area contributed by atoms with Crippen molar-refractivity contribution in [3.8, 4) is 0 Å². The molecule has 0 saturated carbocycles. The van der Waals surface area contributed by atoms with Crippen molar-refractivity contribution in [1.29, 1.82) is 0 Å². The van der Waals surface area contributed by atoms with Gasteiger partial charge in [-0.3, -0.25) is 0 Å². The Kier molecular flexibility index (Phi) is 3.87. The Labute approximate surface area is 86.1 Å². The molecule has 0 atom stereocenters. The zero-order valence-corrected chi connectivity index (χ0v) is 9.26. The molecule has 1 heteroatoms. The Morgan fingerprint density at radius 2 is 1.79 bits per heavy atom. The summed E-state index contributed by atoms with van der Waals surface area (Å²) in [6, 6.07) is 6.35. The van der Waals surface area contributed by atoms with Crippen LogP contribution in [0, 0.1) is 13.8 Å². The second-order valence-electron chi connectivity index (χ2n) is 3.93. The van der Waals surface area contributed by atoms with Gasteiger partial charge in [0.25, 0.3) is 0 Å². The molecule has 1 nitrogen and oxygen atoms in total. The summed E-state index contributed by atoms with van der Waals surface area (Å²) in [6.07, 6.45) is 2.70. The van der Waals surface area contributed by atoms with Gasteiger partial charge in [-0.05, 0) is 50.3 Å². The van der Waals surface area contributed by atoms with E-state index >= 15 is 0 Å². The molecule has 0 radical (unpaired) electrons. The Balaban J connectivity index is 2.62. The molecule has 0 N–H and O–H groups in total. The van der Waals surface area contributed by atoms with Gasteiger partial charge in [0, 0.05) is 6.42 Å². The molecule has 0 aliphatic rings. The molecule has 0 fully saturated rings. The maximum Gasteiger partial charge on any atom is 0.129 e. The van der Waals surface area contributed by atoms with Crippen molar-refractivity contribution in [3.05, 3.63) is 34.9 Å². The largest absolute Gasteiger partial charge is 0.300 e. The molecule has 0 aliphatic carbocycles. The first-order chi connectivity index (χ1) is 6.61. The van der Waals surface area contributed by atoms with Crippen LogP contribution in [-0.2, 0) is 11.2 Å². The van der Waals surface area contributed by atoms with Gasteiger partial charge in [-0.2, -0.15) is 0 Å². The summed E-state index contributed by atoms with van der Waals surface area (Å²) in [6.45, 7) is 5.93. The fourth-order valence-electron chi connectivity index (χ4n) is 1.76. The van der Waals surface area contributed by atoms with Crippen molar-refractivity contribution in [1.82, 2.24) is 0 Å². The molecule has 0 heterocycles. The number of rotatable bonds is 4. The van der Waals surface area contributed by atoms with Gasteiger partial charge in [0.15, 0.2) is 0 Å². The molecule has 0 unspecified atom stereocenters. The minimum absolute atomic E-state index is 0.288. The standard InChI is InChI=1S/C13H18O/c1-10-6-4-7-11(2)13(10)9-5-8-12(3)14/h4,6-7H,5,8-9H2,1-3H3. The van der Waals surface area contributed by atoms with Crippen LogP contribution in [0.4, 0.5) is 0 Å². The lowest BCUT2D eigenvalue weighted by Crippen LogP contribution is -1.96. The van der Waals surface area contributed by atoms with Gasteiger partial charge in [0.2, 0.25) is 0 Å². The van der Waals surface area contributed by atoms with Crippen LogP contribution in [0.5, 0.6) is 0 Å². The quantitative estimate of drug-likeness (QED) is 0.712. The summed E-state index contributed by atoms with van der Waals surface area (Å²) < 4.78 is 0. The predicted octanol–water partition coefficient (Wildman–Crippen LogP) is 3.22. The van der Waals surface area contributed by atoms with E-state index in [1.165, 1.54) is 16.7 Å². The number of carbonyl (C=O) groups excluding carboxylic acids is 1. The number of Topliss-reactive ketones (excluding diaryl/α,β-unsaturated/α-hetero) is 1. The van der Waals surface area contributed by atoms with Gasteiger partial charge in [0.05, 0.1) is 0 Å². The van der Waals surface area contributed by atoms with Crippen LogP contribution in [0.1, 0.15) is 36.5 Å². The molecule has 1 aromatic rings.